The summed E-state index contributed by atoms with van der Waals surface area (Å²) in [5.74, 6) is -0.0808. The molecule has 0 spiro atoms. The van der Waals surface area contributed by atoms with Gasteiger partial charge in [0.15, 0.2) is 0 Å². The van der Waals surface area contributed by atoms with Gasteiger partial charge in [-0.1, -0.05) is 63.1 Å². The quantitative estimate of drug-likeness (QED) is 0.207. The van der Waals surface area contributed by atoms with E-state index in [4.69, 9.17) is 9.47 Å². The third-order valence-electron chi connectivity index (χ3n) is 5.20. The van der Waals surface area contributed by atoms with Gasteiger partial charge in [0, 0.05) is 5.57 Å². The highest BCUT2D eigenvalue weighted by molar-refractivity contribution is 5.94. The van der Waals surface area contributed by atoms with Crippen LogP contribution in [0.25, 0.3) is 6.08 Å². The van der Waals surface area contributed by atoms with Crippen LogP contribution in [-0.4, -0.2) is 11.9 Å². The molecule has 0 aromatic heterocycles. The summed E-state index contributed by atoms with van der Waals surface area (Å²) in [7, 11) is 0. The van der Waals surface area contributed by atoms with E-state index in [9.17, 15) is 9.59 Å². The van der Waals surface area contributed by atoms with Crippen LogP contribution in [-0.2, 0) is 17.6 Å². The monoisotopic (exact) mass is 442 g/mol. The Morgan fingerprint density at radius 1 is 0.697 bits per heavy atom. The third kappa shape index (κ3) is 7.18. The SMILES string of the molecule is CCCc1ccc(C=C(C)C(=O)Oc2ccc(OC(=O)c3ccc(CCC)cc3)cc2)cc1. The second kappa shape index (κ2) is 11.8. The molecule has 0 fully saturated rings. The number of aryl methyl sites for hydroxylation is 2. The zero-order chi connectivity index (χ0) is 23.6. The van der Waals surface area contributed by atoms with E-state index in [2.05, 4.69) is 26.0 Å². The molecule has 0 saturated heterocycles. The Labute approximate surface area is 195 Å². The summed E-state index contributed by atoms with van der Waals surface area (Å²) in [6.45, 7) is 5.99. The van der Waals surface area contributed by atoms with Gasteiger partial charge in [-0.05, 0) is 78.9 Å². The van der Waals surface area contributed by atoms with Crippen molar-refractivity contribution in [3.8, 4) is 11.5 Å². The lowest BCUT2D eigenvalue weighted by Crippen LogP contribution is -2.10. The van der Waals surface area contributed by atoms with Crippen molar-refractivity contribution < 1.29 is 19.1 Å². The van der Waals surface area contributed by atoms with Crippen LogP contribution in [0.2, 0.25) is 0 Å². The Kier molecular flexibility index (Phi) is 8.59. The summed E-state index contributed by atoms with van der Waals surface area (Å²) >= 11 is 0. The lowest BCUT2D eigenvalue weighted by molar-refractivity contribution is -0.130. The first kappa shape index (κ1) is 24.0. The van der Waals surface area contributed by atoms with Crippen LogP contribution in [0, 0.1) is 0 Å². The molecule has 0 amide bonds. The van der Waals surface area contributed by atoms with E-state index in [1.807, 2.05) is 24.3 Å². The van der Waals surface area contributed by atoms with Crippen LogP contribution in [0.4, 0.5) is 0 Å². The zero-order valence-corrected chi connectivity index (χ0v) is 19.5. The van der Waals surface area contributed by atoms with Crippen LogP contribution in [0.3, 0.4) is 0 Å². The van der Waals surface area contributed by atoms with Gasteiger partial charge in [0.1, 0.15) is 11.5 Å². The van der Waals surface area contributed by atoms with Crippen LogP contribution in [0.1, 0.15) is 60.7 Å². The minimum atomic E-state index is -0.426. The second-order valence-electron chi connectivity index (χ2n) is 8.02. The first-order valence-electron chi connectivity index (χ1n) is 11.4. The van der Waals surface area contributed by atoms with E-state index >= 15 is 0 Å². The molecule has 170 valence electrons. The average Bonchev–Trinajstić information content (AvgIpc) is 2.82. The van der Waals surface area contributed by atoms with E-state index in [0.717, 1.165) is 31.2 Å². The second-order valence-corrected chi connectivity index (χ2v) is 8.02. The maximum Gasteiger partial charge on any atom is 0.343 e. The molecule has 33 heavy (non-hydrogen) atoms. The van der Waals surface area contributed by atoms with Crippen molar-refractivity contribution in [3.05, 3.63) is 101 Å². The van der Waals surface area contributed by atoms with E-state index in [0.29, 0.717) is 22.6 Å². The first-order chi connectivity index (χ1) is 16.0. The van der Waals surface area contributed by atoms with Gasteiger partial charge in [0.05, 0.1) is 5.56 Å². The fourth-order valence-corrected chi connectivity index (χ4v) is 3.40. The van der Waals surface area contributed by atoms with Gasteiger partial charge in [0.2, 0.25) is 0 Å². The Morgan fingerprint density at radius 3 is 1.70 bits per heavy atom. The van der Waals surface area contributed by atoms with Crippen molar-refractivity contribution in [3.63, 3.8) is 0 Å². The molecule has 0 bridgehead atoms. The smallest absolute Gasteiger partial charge is 0.343 e. The number of esters is 2. The number of benzene rings is 3. The first-order valence-corrected chi connectivity index (χ1v) is 11.4. The largest absolute Gasteiger partial charge is 0.423 e. The van der Waals surface area contributed by atoms with Crippen LogP contribution >= 0.6 is 0 Å². The lowest BCUT2D eigenvalue weighted by atomic mass is 10.1. The Hall–Kier alpha value is -3.66. The molecule has 4 heteroatoms. The Bertz CT molecular complexity index is 1090. The molecule has 0 unspecified atom stereocenters. The van der Waals surface area contributed by atoms with Gasteiger partial charge in [-0.3, -0.25) is 0 Å². The Morgan fingerprint density at radius 2 is 1.18 bits per heavy atom. The average molecular weight is 443 g/mol. The number of hydrogen-bond donors (Lipinski definition) is 0. The summed E-state index contributed by atoms with van der Waals surface area (Å²) < 4.78 is 10.9. The zero-order valence-electron chi connectivity index (χ0n) is 19.5. The molecule has 3 aromatic carbocycles. The van der Waals surface area contributed by atoms with Gasteiger partial charge in [0.25, 0.3) is 0 Å². The predicted octanol–water partition coefficient (Wildman–Crippen LogP) is 6.82. The molecule has 4 nitrogen and oxygen atoms in total. The molecule has 0 heterocycles. The van der Waals surface area contributed by atoms with Crippen molar-refractivity contribution >= 4 is 18.0 Å². The van der Waals surface area contributed by atoms with Crippen LogP contribution in [0.5, 0.6) is 11.5 Å². The summed E-state index contributed by atoms with van der Waals surface area (Å²) in [4.78, 5) is 24.8. The minimum Gasteiger partial charge on any atom is -0.423 e. The fraction of sp³-hybridized carbons (Fsp3) is 0.241. The lowest BCUT2D eigenvalue weighted by Gasteiger charge is -2.08. The van der Waals surface area contributed by atoms with Gasteiger partial charge >= 0.3 is 11.9 Å². The summed E-state index contributed by atoms with van der Waals surface area (Å²) in [5, 5.41) is 0. The highest BCUT2D eigenvalue weighted by Crippen LogP contribution is 2.20. The van der Waals surface area contributed by atoms with Crippen LogP contribution < -0.4 is 9.47 Å². The molecule has 0 saturated carbocycles. The van der Waals surface area contributed by atoms with Crippen molar-refractivity contribution in [2.24, 2.45) is 0 Å². The summed E-state index contributed by atoms with van der Waals surface area (Å²) in [5.41, 5.74) is 4.42. The van der Waals surface area contributed by atoms with E-state index in [-0.39, 0.29) is 0 Å². The molecule has 0 atom stereocenters. The fourth-order valence-electron chi connectivity index (χ4n) is 3.40. The number of hydrogen-bond acceptors (Lipinski definition) is 4. The maximum atomic E-state index is 12.4. The van der Waals surface area contributed by atoms with Gasteiger partial charge in [-0.2, -0.15) is 0 Å². The molecule has 0 aliphatic heterocycles. The van der Waals surface area contributed by atoms with E-state index < -0.39 is 11.9 Å². The van der Waals surface area contributed by atoms with Crippen molar-refractivity contribution in [1.29, 1.82) is 0 Å². The van der Waals surface area contributed by atoms with Gasteiger partial charge < -0.3 is 9.47 Å². The molecule has 3 aromatic rings. The van der Waals surface area contributed by atoms with Crippen molar-refractivity contribution in [2.75, 3.05) is 0 Å². The molecular formula is C29H30O4. The maximum absolute atomic E-state index is 12.4. The number of ether oxygens (including phenoxy) is 2. The van der Waals surface area contributed by atoms with Gasteiger partial charge in [-0.25, -0.2) is 9.59 Å². The molecule has 0 aliphatic rings. The molecule has 3 rings (SSSR count). The van der Waals surface area contributed by atoms with E-state index in [1.54, 1.807) is 49.4 Å². The molecule has 0 aliphatic carbocycles. The Balaban J connectivity index is 1.56. The minimum absolute atomic E-state index is 0.384. The standard InChI is InChI=1S/C29H30O4/c1-4-6-22-8-10-24(11-9-22)20-21(3)28(30)32-26-16-18-27(19-17-26)33-29(31)25-14-12-23(7-5-2)13-15-25/h8-20H,4-7H2,1-3H3. The molecule has 0 radical (unpaired) electrons. The van der Waals surface area contributed by atoms with E-state index in [1.165, 1.54) is 11.1 Å². The predicted molar refractivity (Wildman–Crippen MR) is 132 cm³/mol. The summed E-state index contributed by atoms with van der Waals surface area (Å²) in [6.07, 6.45) is 5.99. The summed E-state index contributed by atoms with van der Waals surface area (Å²) in [6, 6.07) is 22.0. The van der Waals surface area contributed by atoms with Crippen LogP contribution in [0.15, 0.2) is 78.4 Å². The topological polar surface area (TPSA) is 52.6 Å². The number of carbonyl (C=O) groups excluding carboxylic acids is 2. The number of carbonyl (C=O) groups is 2. The normalized spacial score (nSPS) is 11.2. The third-order valence-corrected chi connectivity index (χ3v) is 5.20. The van der Waals surface area contributed by atoms with Crippen molar-refractivity contribution in [2.45, 2.75) is 46.5 Å². The highest BCUT2D eigenvalue weighted by atomic mass is 16.5. The van der Waals surface area contributed by atoms with Crippen molar-refractivity contribution in [1.82, 2.24) is 0 Å². The van der Waals surface area contributed by atoms with Gasteiger partial charge in [-0.15, -0.1) is 0 Å². The number of rotatable bonds is 9. The molecular weight excluding hydrogens is 412 g/mol. The highest BCUT2D eigenvalue weighted by Gasteiger charge is 2.11. The molecule has 0 N–H and O–H groups in total.